The van der Waals surface area contributed by atoms with Gasteiger partial charge in [-0.05, 0) is 31.1 Å². The van der Waals surface area contributed by atoms with E-state index >= 15 is 0 Å². The lowest BCUT2D eigenvalue weighted by molar-refractivity contribution is -0.00302. The maximum absolute atomic E-state index is 12.0. The highest BCUT2D eigenvalue weighted by Crippen LogP contribution is 2.15. The van der Waals surface area contributed by atoms with Crippen LogP contribution in [0.5, 0.6) is 0 Å². The van der Waals surface area contributed by atoms with E-state index in [9.17, 15) is 9.59 Å². The Balaban J connectivity index is 4.17. The third-order valence-electron chi connectivity index (χ3n) is 5.49. The number of rotatable bonds is 18. The summed E-state index contributed by atoms with van der Waals surface area (Å²) in [6.07, 6.45) is 9.06. The van der Waals surface area contributed by atoms with E-state index in [1.54, 1.807) is 0 Å². The van der Waals surface area contributed by atoms with Crippen LogP contribution in [0.4, 0.5) is 9.59 Å². The molecule has 0 saturated carbocycles. The average Bonchev–Trinajstić information content (AvgIpc) is 2.74. The van der Waals surface area contributed by atoms with Crippen molar-refractivity contribution in [1.29, 1.82) is 0 Å². The summed E-state index contributed by atoms with van der Waals surface area (Å²) in [6.45, 7) is 11.5. The Hall–Kier alpha value is -1.46. The van der Waals surface area contributed by atoms with Crippen LogP contribution in [0, 0.1) is 11.8 Å². The number of hydrogen-bond donors (Lipinski definition) is 0. The molecule has 0 aliphatic rings. The largest absolute Gasteiger partial charge is 0.508 e. The minimum Gasteiger partial charge on any atom is -0.434 e. The molecule has 0 saturated heterocycles. The van der Waals surface area contributed by atoms with Crippen LogP contribution in [0.2, 0.25) is 0 Å². The zero-order valence-electron chi connectivity index (χ0n) is 20.1. The van der Waals surface area contributed by atoms with Crippen molar-refractivity contribution in [2.75, 3.05) is 19.8 Å². The third-order valence-corrected chi connectivity index (χ3v) is 5.49. The molecule has 0 amide bonds. The molecule has 0 spiro atoms. The van der Waals surface area contributed by atoms with Gasteiger partial charge in [-0.2, -0.15) is 0 Å². The molecule has 0 rings (SSSR count). The predicted octanol–water partition coefficient (Wildman–Crippen LogP) is 7.28. The van der Waals surface area contributed by atoms with Gasteiger partial charge in [0.05, 0.1) is 19.8 Å². The van der Waals surface area contributed by atoms with Gasteiger partial charge in [-0.3, -0.25) is 0 Å². The van der Waals surface area contributed by atoms with Crippen LogP contribution in [0.25, 0.3) is 0 Å². The molecule has 0 heterocycles. The van der Waals surface area contributed by atoms with Crippen molar-refractivity contribution in [3.8, 4) is 0 Å². The van der Waals surface area contributed by atoms with Gasteiger partial charge in [-0.15, -0.1) is 0 Å². The lowest BCUT2D eigenvalue weighted by Crippen LogP contribution is -2.23. The minimum atomic E-state index is -0.649. The monoisotopic (exact) mass is 430 g/mol. The van der Waals surface area contributed by atoms with E-state index in [1.807, 2.05) is 6.92 Å². The highest BCUT2D eigenvalue weighted by atomic mass is 16.7. The van der Waals surface area contributed by atoms with Crippen molar-refractivity contribution in [3.63, 3.8) is 0 Å². The quantitative estimate of drug-likeness (QED) is 0.213. The Morgan fingerprint density at radius 2 is 1.17 bits per heavy atom. The van der Waals surface area contributed by atoms with Crippen molar-refractivity contribution >= 4 is 12.3 Å². The Morgan fingerprint density at radius 3 is 1.63 bits per heavy atom. The van der Waals surface area contributed by atoms with Crippen LogP contribution in [0.3, 0.4) is 0 Å². The fourth-order valence-electron chi connectivity index (χ4n) is 3.24. The first-order chi connectivity index (χ1) is 14.5. The predicted molar refractivity (Wildman–Crippen MR) is 120 cm³/mol. The number of ether oxygens (including phenoxy) is 4. The Kier molecular flexibility index (Phi) is 18.6. The minimum absolute atomic E-state index is 0.163. The molecule has 6 nitrogen and oxygen atoms in total. The molecule has 0 radical (unpaired) electrons. The summed E-state index contributed by atoms with van der Waals surface area (Å²) >= 11 is 0. The van der Waals surface area contributed by atoms with Crippen LogP contribution >= 0.6 is 0 Å². The van der Waals surface area contributed by atoms with Gasteiger partial charge in [0, 0.05) is 6.42 Å². The third kappa shape index (κ3) is 15.4. The first kappa shape index (κ1) is 28.5. The molecule has 0 bridgehead atoms. The number of unbranched alkanes of at least 4 members (excludes halogenated alkanes) is 2. The van der Waals surface area contributed by atoms with Gasteiger partial charge in [0.1, 0.15) is 6.10 Å². The topological polar surface area (TPSA) is 71.1 Å². The lowest BCUT2D eigenvalue weighted by atomic mass is 10.0. The maximum atomic E-state index is 12.0. The number of carbonyl (C=O) groups excluding carboxylic acids is 2. The highest BCUT2D eigenvalue weighted by molar-refractivity contribution is 5.60. The van der Waals surface area contributed by atoms with Crippen molar-refractivity contribution in [3.05, 3.63) is 0 Å². The lowest BCUT2D eigenvalue weighted by Gasteiger charge is -2.19. The van der Waals surface area contributed by atoms with Crippen LogP contribution in [0.15, 0.2) is 0 Å². The second-order valence-electron chi connectivity index (χ2n) is 8.12. The van der Waals surface area contributed by atoms with Gasteiger partial charge >= 0.3 is 12.3 Å². The zero-order valence-corrected chi connectivity index (χ0v) is 20.1. The van der Waals surface area contributed by atoms with Crippen LogP contribution in [0.1, 0.15) is 105 Å². The van der Waals surface area contributed by atoms with Gasteiger partial charge in [-0.1, -0.05) is 79.6 Å². The molecule has 6 heteroatoms. The molecular weight excluding hydrogens is 384 g/mol. The molecule has 178 valence electrons. The van der Waals surface area contributed by atoms with Crippen molar-refractivity contribution < 1.29 is 28.5 Å². The fourth-order valence-corrected chi connectivity index (χ4v) is 3.24. The highest BCUT2D eigenvalue weighted by Gasteiger charge is 2.18. The summed E-state index contributed by atoms with van der Waals surface area (Å²) in [7, 11) is 0. The van der Waals surface area contributed by atoms with Gasteiger partial charge in [-0.25, -0.2) is 9.59 Å². The van der Waals surface area contributed by atoms with E-state index in [0.29, 0.717) is 37.9 Å². The molecule has 0 aliphatic carbocycles. The summed E-state index contributed by atoms with van der Waals surface area (Å²) in [5.41, 5.74) is 0. The SMILES string of the molecule is CCCCC(CC)COC(=O)OCCC(CCC)OC(=O)OCC(CC)CCCC. The molecule has 0 aliphatic heterocycles. The van der Waals surface area contributed by atoms with Crippen LogP contribution in [-0.4, -0.2) is 38.2 Å². The molecule has 0 N–H and O–H groups in total. The first-order valence-corrected chi connectivity index (χ1v) is 12.1. The molecule has 3 unspecified atom stereocenters. The molecule has 0 aromatic carbocycles. The van der Waals surface area contributed by atoms with E-state index in [1.165, 1.54) is 0 Å². The van der Waals surface area contributed by atoms with Gasteiger partial charge in [0.2, 0.25) is 0 Å². The fraction of sp³-hybridized carbons (Fsp3) is 0.917. The summed E-state index contributed by atoms with van der Waals surface area (Å²) in [6, 6.07) is 0. The Labute approximate surface area is 184 Å². The standard InChI is InChI=1S/C24H46O6/c1-6-11-14-20(9-4)18-28-23(25)27-17-16-22(13-8-3)30-24(26)29-19-21(10-5)15-12-7-2/h20-22H,6-19H2,1-5H3. The van der Waals surface area contributed by atoms with E-state index < -0.39 is 12.3 Å². The molecule has 0 aromatic rings. The summed E-state index contributed by atoms with van der Waals surface area (Å²) in [4.78, 5) is 23.9. The molecule has 30 heavy (non-hydrogen) atoms. The number of hydrogen-bond acceptors (Lipinski definition) is 6. The second-order valence-corrected chi connectivity index (χ2v) is 8.12. The smallest absolute Gasteiger partial charge is 0.434 e. The van der Waals surface area contributed by atoms with E-state index in [2.05, 4.69) is 27.7 Å². The molecular formula is C24H46O6. The van der Waals surface area contributed by atoms with Crippen molar-refractivity contribution in [2.24, 2.45) is 11.8 Å². The Morgan fingerprint density at radius 1 is 0.633 bits per heavy atom. The van der Waals surface area contributed by atoms with E-state index in [-0.39, 0.29) is 12.7 Å². The van der Waals surface area contributed by atoms with E-state index in [0.717, 1.165) is 57.8 Å². The summed E-state index contributed by atoms with van der Waals surface area (Å²) in [5.74, 6) is 0.761. The van der Waals surface area contributed by atoms with Crippen molar-refractivity contribution in [2.45, 2.75) is 111 Å². The average molecular weight is 431 g/mol. The van der Waals surface area contributed by atoms with Crippen LogP contribution < -0.4 is 0 Å². The van der Waals surface area contributed by atoms with Crippen LogP contribution in [-0.2, 0) is 18.9 Å². The molecule has 3 atom stereocenters. The van der Waals surface area contributed by atoms with Gasteiger partial charge < -0.3 is 18.9 Å². The summed E-state index contributed by atoms with van der Waals surface area (Å²) < 4.78 is 21.1. The zero-order chi connectivity index (χ0) is 22.6. The Bertz CT molecular complexity index is 426. The number of carbonyl (C=O) groups is 2. The second kappa shape index (κ2) is 19.5. The summed E-state index contributed by atoms with van der Waals surface area (Å²) in [5, 5.41) is 0. The first-order valence-electron chi connectivity index (χ1n) is 12.1. The normalized spacial score (nSPS) is 13.9. The molecule has 0 fully saturated rings. The maximum Gasteiger partial charge on any atom is 0.508 e. The van der Waals surface area contributed by atoms with E-state index in [4.69, 9.17) is 18.9 Å². The van der Waals surface area contributed by atoms with Gasteiger partial charge in [0.25, 0.3) is 0 Å². The molecule has 0 aromatic heterocycles. The van der Waals surface area contributed by atoms with Crippen molar-refractivity contribution in [1.82, 2.24) is 0 Å². The van der Waals surface area contributed by atoms with Gasteiger partial charge in [0.15, 0.2) is 0 Å².